The Bertz CT molecular complexity index is 268. The largest absolute Gasteiger partial charge is 0.387 e. The van der Waals surface area contributed by atoms with Crippen molar-refractivity contribution in [3.05, 3.63) is 47.9 Å². The number of halogens is 1. The monoisotopic (exact) mass is 165 g/mol. The maximum atomic E-state index is 13.0. The zero-order chi connectivity index (χ0) is 8.81. The molecule has 1 nitrogen and oxygen atoms in total. The first-order valence-electron chi connectivity index (χ1n) is 3.92. The van der Waals surface area contributed by atoms with Crippen LogP contribution in [0.25, 0.3) is 0 Å². The van der Waals surface area contributed by atoms with Gasteiger partial charge in [0.25, 0.3) is 0 Å². The molecule has 0 aliphatic heterocycles. The van der Waals surface area contributed by atoms with Crippen LogP contribution < -0.4 is 5.32 Å². The van der Waals surface area contributed by atoms with Crippen LogP contribution in [0.3, 0.4) is 0 Å². The Morgan fingerprint density at radius 3 is 2.83 bits per heavy atom. The Hall–Kier alpha value is -1.31. The third kappa shape index (κ3) is 2.38. The molecule has 0 fully saturated rings. The molecule has 1 aromatic rings. The minimum Gasteiger partial charge on any atom is -0.387 e. The molecule has 1 rings (SSSR count). The van der Waals surface area contributed by atoms with Gasteiger partial charge in [0, 0.05) is 12.1 Å². The van der Waals surface area contributed by atoms with E-state index in [0.717, 1.165) is 0 Å². The van der Waals surface area contributed by atoms with Crippen molar-refractivity contribution in [2.75, 3.05) is 0 Å². The summed E-state index contributed by atoms with van der Waals surface area (Å²) in [6.45, 7) is 2.45. The zero-order valence-corrected chi connectivity index (χ0v) is 7.05. The van der Waals surface area contributed by atoms with Crippen molar-refractivity contribution in [2.45, 2.75) is 13.5 Å². The van der Waals surface area contributed by atoms with Gasteiger partial charge in [0.2, 0.25) is 0 Å². The predicted molar refractivity (Wildman–Crippen MR) is 48.1 cm³/mol. The highest BCUT2D eigenvalue weighted by Crippen LogP contribution is 2.04. The van der Waals surface area contributed by atoms with Gasteiger partial charge in [-0.25, -0.2) is 4.39 Å². The summed E-state index contributed by atoms with van der Waals surface area (Å²) >= 11 is 0. The summed E-state index contributed by atoms with van der Waals surface area (Å²) in [6, 6.07) is 6.75. The first kappa shape index (κ1) is 8.78. The van der Waals surface area contributed by atoms with E-state index in [1.807, 2.05) is 19.1 Å². The van der Waals surface area contributed by atoms with Crippen molar-refractivity contribution < 1.29 is 4.39 Å². The lowest BCUT2D eigenvalue weighted by Crippen LogP contribution is -2.05. The van der Waals surface area contributed by atoms with E-state index in [-0.39, 0.29) is 5.82 Å². The summed E-state index contributed by atoms with van der Waals surface area (Å²) < 4.78 is 13.0. The normalized spacial score (nSPS) is 10.5. The number of benzene rings is 1. The molecule has 2 heteroatoms. The van der Waals surface area contributed by atoms with E-state index in [1.54, 1.807) is 18.3 Å². The highest BCUT2D eigenvalue weighted by Gasteiger charge is 1.96. The number of allylic oxidation sites excluding steroid dienone is 1. The molecule has 0 unspecified atom stereocenters. The van der Waals surface area contributed by atoms with E-state index >= 15 is 0 Å². The molecule has 0 radical (unpaired) electrons. The predicted octanol–water partition coefficient (Wildman–Crippen LogP) is 2.45. The first-order valence-corrected chi connectivity index (χ1v) is 3.92. The van der Waals surface area contributed by atoms with E-state index in [0.29, 0.717) is 12.1 Å². The smallest absolute Gasteiger partial charge is 0.128 e. The highest BCUT2D eigenvalue weighted by atomic mass is 19.1. The maximum Gasteiger partial charge on any atom is 0.128 e. The molecule has 64 valence electrons. The van der Waals surface area contributed by atoms with Crippen LogP contribution in [0.15, 0.2) is 36.5 Å². The van der Waals surface area contributed by atoms with E-state index < -0.39 is 0 Å². The molecule has 0 saturated heterocycles. The quantitative estimate of drug-likeness (QED) is 0.725. The van der Waals surface area contributed by atoms with Gasteiger partial charge in [0.15, 0.2) is 0 Å². The second-order valence-electron chi connectivity index (χ2n) is 2.47. The molecular formula is C10H12FN. The second kappa shape index (κ2) is 4.54. The Kier molecular flexibility index (Phi) is 3.33. The second-order valence-corrected chi connectivity index (χ2v) is 2.47. The fourth-order valence-electron chi connectivity index (χ4n) is 0.928. The molecular weight excluding hydrogens is 153 g/mol. The average molecular weight is 165 g/mol. The van der Waals surface area contributed by atoms with E-state index in [9.17, 15) is 4.39 Å². The maximum absolute atomic E-state index is 13.0. The summed E-state index contributed by atoms with van der Waals surface area (Å²) in [5.41, 5.74) is 0.690. The van der Waals surface area contributed by atoms with Gasteiger partial charge in [-0.2, -0.15) is 0 Å². The van der Waals surface area contributed by atoms with Gasteiger partial charge in [-0.05, 0) is 19.2 Å². The third-order valence-electron chi connectivity index (χ3n) is 1.53. The molecule has 0 saturated carbocycles. The van der Waals surface area contributed by atoms with E-state index in [1.165, 1.54) is 6.07 Å². The number of rotatable bonds is 3. The van der Waals surface area contributed by atoms with E-state index in [4.69, 9.17) is 0 Å². The van der Waals surface area contributed by atoms with Crippen LogP contribution in [0.2, 0.25) is 0 Å². The Labute approximate surface area is 71.9 Å². The topological polar surface area (TPSA) is 12.0 Å². The van der Waals surface area contributed by atoms with Gasteiger partial charge in [-0.15, -0.1) is 0 Å². The fourth-order valence-corrected chi connectivity index (χ4v) is 0.928. The molecule has 0 amide bonds. The zero-order valence-electron chi connectivity index (χ0n) is 7.05. The molecule has 0 aromatic heterocycles. The van der Waals surface area contributed by atoms with Crippen LogP contribution in [0.1, 0.15) is 12.5 Å². The van der Waals surface area contributed by atoms with Crippen LogP contribution in [0.5, 0.6) is 0 Å². The van der Waals surface area contributed by atoms with Crippen molar-refractivity contribution in [2.24, 2.45) is 0 Å². The van der Waals surface area contributed by atoms with Crippen molar-refractivity contribution in [1.29, 1.82) is 0 Å². The van der Waals surface area contributed by atoms with Crippen LogP contribution >= 0.6 is 0 Å². The lowest BCUT2D eigenvalue weighted by atomic mass is 10.2. The summed E-state index contributed by atoms with van der Waals surface area (Å²) in [4.78, 5) is 0. The number of hydrogen-bond acceptors (Lipinski definition) is 1. The Morgan fingerprint density at radius 1 is 1.42 bits per heavy atom. The van der Waals surface area contributed by atoms with Crippen molar-refractivity contribution in [3.8, 4) is 0 Å². The summed E-state index contributed by atoms with van der Waals surface area (Å²) in [5.74, 6) is -0.158. The van der Waals surface area contributed by atoms with E-state index in [2.05, 4.69) is 5.32 Å². The van der Waals surface area contributed by atoms with Gasteiger partial charge >= 0.3 is 0 Å². The van der Waals surface area contributed by atoms with Gasteiger partial charge in [-0.3, -0.25) is 0 Å². The molecule has 0 aliphatic rings. The molecule has 0 aliphatic carbocycles. The summed E-state index contributed by atoms with van der Waals surface area (Å²) in [6.07, 6.45) is 3.67. The number of nitrogens with one attached hydrogen (secondary N) is 1. The van der Waals surface area contributed by atoms with Crippen molar-refractivity contribution >= 4 is 0 Å². The van der Waals surface area contributed by atoms with Crippen LogP contribution in [0, 0.1) is 5.82 Å². The van der Waals surface area contributed by atoms with Gasteiger partial charge in [0.1, 0.15) is 5.82 Å². The molecule has 1 N–H and O–H groups in total. The molecule has 1 aromatic carbocycles. The van der Waals surface area contributed by atoms with Gasteiger partial charge in [0.05, 0.1) is 0 Å². The first-order chi connectivity index (χ1) is 5.84. The van der Waals surface area contributed by atoms with Gasteiger partial charge in [-0.1, -0.05) is 24.3 Å². The van der Waals surface area contributed by atoms with Crippen LogP contribution in [-0.4, -0.2) is 0 Å². The fraction of sp³-hybridized carbons (Fsp3) is 0.200. The Balaban J connectivity index is 2.57. The van der Waals surface area contributed by atoms with Crippen molar-refractivity contribution in [3.63, 3.8) is 0 Å². The molecule has 0 heterocycles. The minimum absolute atomic E-state index is 0.158. The lowest BCUT2D eigenvalue weighted by molar-refractivity contribution is 0.604. The molecule has 0 atom stereocenters. The minimum atomic E-state index is -0.158. The summed E-state index contributed by atoms with van der Waals surface area (Å²) in [7, 11) is 0. The molecule has 0 bridgehead atoms. The molecule has 0 spiro atoms. The van der Waals surface area contributed by atoms with Crippen LogP contribution in [-0.2, 0) is 6.54 Å². The van der Waals surface area contributed by atoms with Gasteiger partial charge < -0.3 is 5.32 Å². The standard InChI is InChI=1S/C10H12FN/c1-2-7-12-8-9-5-3-4-6-10(9)11/h2-7,12H,8H2,1H3/b7-2-. The van der Waals surface area contributed by atoms with Crippen molar-refractivity contribution in [1.82, 2.24) is 5.32 Å². The molecule has 12 heavy (non-hydrogen) atoms. The Morgan fingerprint density at radius 2 is 2.17 bits per heavy atom. The van der Waals surface area contributed by atoms with Crippen LogP contribution in [0.4, 0.5) is 4.39 Å². The number of hydrogen-bond donors (Lipinski definition) is 1. The average Bonchev–Trinajstić information content (AvgIpc) is 2.09. The SMILES string of the molecule is C/C=C\NCc1ccccc1F. The lowest BCUT2D eigenvalue weighted by Gasteiger charge is -2.01. The summed E-state index contributed by atoms with van der Waals surface area (Å²) in [5, 5.41) is 2.97. The third-order valence-corrected chi connectivity index (χ3v) is 1.53. The highest BCUT2D eigenvalue weighted by molar-refractivity contribution is 5.17.